The van der Waals surface area contributed by atoms with E-state index in [1.807, 2.05) is 0 Å². The van der Waals surface area contributed by atoms with Gasteiger partial charge >= 0.3 is 45.6 Å². The molecule has 0 amide bonds. The minimum atomic E-state index is -3.16. The normalized spacial score (nSPS) is 8.53. The zero-order chi connectivity index (χ0) is 13.8. The van der Waals surface area contributed by atoms with Gasteiger partial charge < -0.3 is 19.8 Å². The molecule has 0 bridgehead atoms. The van der Waals surface area contributed by atoms with Crippen LogP contribution in [0.25, 0.3) is 0 Å². The number of phosphoric ester groups is 1. The number of carbonyl (C=O) groups excluding carboxylic acids is 2. The molecule has 0 aliphatic rings. The van der Waals surface area contributed by atoms with Gasteiger partial charge in [0, 0.05) is 33.3 Å². The van der Waals surface area contributed by atoms with E-state index in [4.69, 9.17) is 19.8 Å². The Balaban J connectivity index is -0.0000000806. The third-order valence-corrected chi connectivity index (χ3v) is 2.01. The van der Waals surface area contributed by atoms with Crippen molar-refractivity contribution in [3.63, 3.8) is 0 Å². The molecule has 8 nitrogen and oxygen atoms in total. The van der Waals surface area contributed by atoms with Crippen molar-refractivity contribution >= 4 is 57.5 Å². The van der Waals surface area contributed by atoms with Crippen LogP contribution in [-0.4, -0.2) is 71.0 Å². The van der Waals surface area contributed by atoms with Crippen LogP contribution >= 0.6 is 7.82 Å². The smallest absolute Gasteiger partial charge is 0.550 e. The zero-order valence-corrected chi connectivity index (χ0v) is 13.5. The first-order valence-electron chi connectivity index (χ1n) is 3.77. The van der Waals surface area contributed by atoms with Crippen LogP contribution in [0.1, 0.15) is 13.8 Å². The van der Waals surface area contributed by atoms with E-state index in [0.717, 1.165) is 13.8 Å². The molecule has 0 saturated heterocycles. The summed E-state index contributed by atoms with van der Waals surface area (Å²) >= 11 is 0. The van der Waals surface area contributed by atoms with Gasteiger partial charge in [-0.15, -0.1) is 0 Å². The number of hydrogen-bond acceptors (Lipinski definition) is 8. The fraction of sp³-hybridized carbons (Fsp3) is 0.714. The van der Waals surface area contributed by atoms with E-state index in [9.17, 15) is 4.57 Å². The van der Waals surface area contributed by atoms with Gasteiger partial charge in [0.15, 0.2) is 0 Å². The van der Waals surface area contributed by atoms with Gasteiger partial charge in [0.2, 0.25) is 0 Å². The summed E-state index contributed by atoms with van der Waals surface area (Å²) < 4.78 is 23.7. The molecule has 0 saturated carbocycles. The molecule has 0 rings (SSSR count). The number of rotatable bonds is 3. The van der Waals surface area contributed by atoms with Crippen molar-refractivity contribution < 1.29 is 37.9 Å². The Labute approximate surface area is 130 Å². The molecule has 0 radical (unpaired) electrons. The van der Waals surface area contributed by atoms with Gasteiger partial charge in [0.25, 0.3) is 0 Å². The van der Waals surface area contributed by atoms with Crippen molar-refractivity contribution in [3.05, 3.63) is 0 Å². The molecule has 0 unspecified atom stereocenters. The first-order chi connectivity index (χ1) is 7.15. The number of phosphoric acid groups is 1. The quantitative estimate of drug-likeness (QED) is 0.440. The first kappa shape index (κ1) is 26.0. The van der Waals surface area contributed by atoms with E-state index >= 15 is 0 Å². The summed E-state index contributed by atoms with van der Waals surface area (Å²) in [6, 6.07) is 0. The molecular weight excluding hydrogens is 283 g/mol. The Morgan fingerprint density at radius 2 is 1.00 bits per heavy atom. The minimum absolute atomic E-state index is 0. The van der Waals surface area contributed by atoms with Crippen LogP contribution in [0.4, 0.5) is 0 Å². The van der Waals surface area contributed by atoms with Crippen molar-refractivity contribution in [2.45, 2.75) is 13.8 Å². The largest absolute Gasteiger partial charge is 2.00 e. The summed E-state index contributed by atoms with van der Waals surface area (Å²) in [5, 5.41) is 17.8. The SMILES string of the molecule is CC(=O)[O-].CC(=O)[O-].COP(=O)(OC)OC.[Ca+2]. The number of carbonyl (C=O) groups is 2. The van der Waals surface area contributed by atoms with E-state index in [1.54, 1.807) is 0 Å². The topological polar surface area (TPSA) is 125 Å². The third kappa shape index (κ3) is 38.5. The molecule has 0 fully saturated rings. The van der Waals surface area contributed by atoms with Crippen molar-refractivity contribution in [2.24, 2.45) is 0 Å². The Morgan fingerprint density at radius 1 is 0.882 bits per heavy atom. The summed E-state index contributed by atoms with van der Waals surface area (Å²) in [7, 11) is 0.611. The van der Waals surface area contributed by atoms with Crippen LogP contribution < -0.4 is 10.2 Å². The van der Waals surface area contributed by atoms with Crippen LogP contribution in [0.2, 0.25) is 0 Å². The molecule has 17 heavy (non-hydrogen) atoms. The van der Waals surface area contributed by atoms with Crippen molar-refractivity contribution in [1.29, 1.82) is 0 Å². The van der Waals surface area contributed by atoms with Crippen LogP contribution in [0.3, 0.4) is 0 Å². The first-order valence-corrected chi connectivity index (χ1v) is 5.23. The molecule has 0 aromatic rings. The minimum Gasteiger partial charge on any atom is -0.550 e. The van der Waals surface area contributed by atoms with Crippen LogP contribution in [0.15, 0.2) is 0 Å². The molecule has 0 spiro atoms. The Kier molecular flexibility index (Phi) is 24.9. The monoisotopic (exact) mass is 298 g/mol. The van der Waals surface area contributed by atoms with E-state index in [-0.39, 0.29) is 37.7 Å². The van der Waals surface area contributed by atoms with Crippen molar-refractivity contribution in [1.82, 2.24) is 0 Å². The molecule has 0 aliphatic heterocycles. The summed E-state index contributed by atoms with van der Waals surface area (Å²) in [4.78, 5) is 17.8. The van der Waals surface area contributed by atoms with Gasteiger partial charge in [0.1, 0.15) is 0 Å². The molecule has 0 aromatic heterocycles. The number of aliphatic carboxylic acids is 2. The maximum atomic E-state index is 10.7. The molecule has 0 aliphatic carbocycles. The summed E-state index contributed by atoms with van der Waals surface area (Å²) in [6.07, 6.45) is 0. The van der Waals surface area contributed by atoms with E-state index in [1.165, 1.54) is 21.3 Å². The fourth-order valence-electron chi connectivity index (χ4n) is 0.224. The summed E-state index contributed by atoms with van der Waals surface area (Å²) in [5.41, 5.74) is 0. The third-order valence-electron chi connectivity index (χ3n) is 0.671. The van der Waals surface area contributed by atoms with Gasteiger partial charge in [-0.3, -0.25) is 13.6 Å². The molecule has 10 heteroatoms. The second-order valence-electron chi connectivity index (χ2n) is 1.98. The van der Waals surface area contributed by atoms with E-state index < -0.39 is 19.8 Å². The van der Waals surface area contributed by atoms with Gasteiger partial charge in [-0.25, -0.2) is 4.57 Å². The molecule has 0 heterocycles. The molecule has 0 atom stereocenters. The standard InChI is InChI=1S/C3H9O4P.2C2H4O2.Ca/c1-5-8(4,6-2)7-3;2*1-2(3)4;/h1-3H3;2*1H3,(H,3,4);/q;;;+2/p-2. The second kappa shape index (κ2) is 16.3. The van der Waals surface area contributed by atoms with Crippen LogP contribution in [0, 0.1) is 0 Å². The van der Waals surface area contributed by atoms with Gasteiger partial charge in [-0.2, -0.15) is 0 Å². The maximum absolute atomic E-state index is 10.7. The van der Waals surface area contributed by atoms with Crippen molar-refractivity contribution in [3.8, 4) is 0 Å². The fourth-order valence-corrected chi connectivity index (χ4v) is 0.671. The molecule has 98 valence electrons. The average Bonchev–Trinajstić information content (AvgIpc) is 2.15. The average molecular weight is 298 g/mol. The predicted octanol–water partition coefficient (Wildman–Crippen LogP) is -1.83. The van der Waals surface area contributed by atoms with Crippen molar-refractivity contribution in [2.75, 3.05) is 21.3 Å². The maximum Gasteiger partial charge on any atom is 2.00 e. The zero-order valence-electron chi connectivity index (χ0n) is 10.4. The summed E-state index contributed by atoms with van der Waals surface area (Å²) in [6.45, 7) is 1.94. The number of carboxylic acids is 2. The van der Waals surface area contributed by atoms with Crippen LogP contribution in [0.5, 0.6) is 0 Å². The predicted molar refractivity (Wildman–Crippen MR) is 55.7 cm³/mol. The van der Waals surface area contributed by atoms with E-state index in [2.05, 4.69) is 13.6 Å². The number of hydrogen-bond donors (Lipinski definition) is 0. The second-order valence-corrected chi connectivity index (χ2v) is 3.97. The van der Waals surface area contributed by atoms with Gasteiger partial charge in [0.05, 0.1) is 0 Å². The Hall–Kier alpha value is 0.310. The van der Waals surface area contributed by atoms with Gasteiger partial charge in [-0.05, 0) is 13.8 Å². The number of carboxylic acid groups (broad SMARTS) is 2. The Morgan fingerprint density at radius 3 is 1.00 bits per heavy atom. The Bertz CT molecular complexity index is 205. The van der Waals surface area contributed by atoms with Crippen LogP contribution in [-0.2, 0) is 27.7 Å². The molecule has 0 aromatic carbocycles. The van der Waals surface area contributed by atoms with E-state index in [0.29, 0.717) is 0 Å². The molecular formula is C7H15CaO8P. The van der Waals surface area contributed by atoms with Gasteiger partial charge in [-0.1, -0.05) is 0 Å². The summed E-state index contributed by atoms with van der Waals surface area (Å²) in [5.74, 6) is -2.17. The molecule has 0 N–H and O–H groups in total.